The van der Waals surface area contributed by atoms with Crippen LogP contribution >= 0.6 is 0 Å². The quantitative estimate of drug-likeness (QED) is 0.833. The summed E-state index contributed by atoms with van der Waals surface area (Å²) in [6, 6.07) is 7.12. The summed E-state index contributed by atoms with van der Waals surface area (Å²) in [4.78, 5) is 29.5. The van der Waals surface area contributed by atoms with E-state index < -0.39 is 0 Å². The minimum atomic E-state index is -0.159. The number of hydrogen-bond donors (Lipinski definition) is 1. The predicted molar refractivity (Wildman–Crippen MR) is 83.1 cm³/mol. The number of nitrogens with two attached hydrogens (primary N) is 1. The predicted octanol–water partition coefficient (Wildman–Crippen LogP) is 1.38. The number of carbonyl (C=O) groups is 2. The van der Waals surface area contributed by atoms with Crippen LogP contribution < -0.4 is 10.6 Å². The Morgan fingerprint density at radius 1 is 1.24 bits per heavy atom. The molecule has 1 aromatic rings. The molecule has 1 aliphatic heterocycles. The van der Waals surface area contributed by atoms with E-state index in [1.54, 1.807) is 20.8 Å². The van der Waals surface area contributed by atoms with E-state index in [9.17, 15) is 9.59 Å². The van der Waals surface area contributed by atoms with E-state index in [1.807, 2.05) is 32.0 Å². The summed E-state index contributed by atoms with van der Waals surface area (Å²) in [6.07, 6.45) is 0. The number of rotatable bonds is 5. The largest absolute Gasteiger partial charge is 0.397 e. The van der Waals surface area contributed by atoms with Gasteiger partial charge in [0.1, 0.15) is 6.54 Å². The van der Waals surface area contributed by atoms with Crippen LogP contribution in [0.2, 0.25) is 0 Å². The van der Waals surface area contributed by atoms with Crippen LogP contribution in [-0.4, -0.2) is 54.5 Å². The summed E-state index contributed by atoms with van der Waals surface area (Å²) in [5.41, 5.74) is 7.19. The topological polar surface area (TPSA) is 69.9 Å². The summed E-state index contributed by atoms with van der Waals surface area (Å²) in [5, 5.41) is 0. The minimum absolute atomic E-state index is 0.0174. The highest BCUT2D eigenvalue weighted by atomic mass is 16.2. The molecule has 1 aliphatic rings. The van der Waals surface area contributed by atoms with Gasteiger partial charge in [-0.05, 0) is 26.0 Å². The Morgan fingerprint density at radius 3 is 2.52 bits per heavy atom. The molecule has 0 radical (unpaired) electrons. The van der Waals surface area contributed by atoms with E-state index >= 15 is 0 Å². The molecule has 0 aromatic heterocycles. The van der Waals surface area contributed by atoms with Crippen molar-refractivity contribution in [3.63, 3.8) is 0 Å². The number of hydrogen-bond acceptors (Lipinski definition) is 3. The first-order valence-electron chi connectivity index (χ1n) is 7.27. The number of nitrogens with zero attached hydrogens (tertiary/aromatic N) is 3. The van der Waals surface area contributed by atoms with E-state index in [2.05, 4.69) is 0 Å². The van der Waals surface area contributed by atoms with Crippen molar-refractivity contribution in [2.24, 2.45) is 0 Å². The van der Waals surface area contributed by atoms with Crippen molar-refractivity contribution in [2.45, 2.75) is 13.8 Å². The Bertz CT molecular complexity index is 528. The molecule has 2 rings (SSSR count). The number of para-hydroxylation sites is 2. The van der Waals surface area contributed by atoms with Gasteiger partial charge in [0.05, 0.1) is 11.4 Å². The molecule has 0 saturated carbocycles. The highest BCUT2D eigenvalue weighted by Gasteiger charge is 2.32. The molecule has 2 N–H and O–H groups in total. The second kappa shape index (κ2) is 6.47. The average Bonchev–Trinajstić information content (AvgIpc) is 2.82. The Labute approximate surface area is 125 Å². The number of carbonyl (C=O) groups excluding carboxylic acids is 2. The third-order valence-electron chi connectivity index (χ3n) is 3.76. The van der Waals surface area contributed by atoms with Crippen LogP contribution in [0, 0.1) is 0 Å². The maximum atomic E-state index is 12.4. The summed E-state index contributed by atoms with van der Waals surface area (Å²) in [6.45, 7) is 6.41. The summed E-state index contributed by atoms with van der Waals surface area (Å²) in [5.74, 6) is -0.0174. The third kappa shape index (κ3) is 3.09. The molecule has 1 aromatic carbocycles. The monoisotopic (exact) mass is 290 g/mol. The van der Waals surface area contributed by atoms with Gasteiger partial charge in [0, 0.05) is 26.2 Å². The van der Waals surface area contributed by atoms with Crippen molar-refractivity contribution in [1.29, 1.82) is 0 Å². The Balaban J connectivity index is 2.05. The second-order valence-corrected chi connectivity index (χ2v) is 4.98. The lowest BCUT2D eigenvalue weighted by atomic mass is 10.2. The van der Waals surface area contributed by atoms with Crippen molar-refractivity contribution in [1.82, 2.24) is 9.80 Å². The maximum absolute atomic E-state index is 12.4. The van der Waals surface area contributed by atoms with Crippen LogP contribution in [0.3, 0.4) is 0 Å². The first-order chi connectivity index (χ1) is 10.1. The molecular formula is C15H22N4O2. The van der Waals surface area contributed by atoms with Gasteiger partial charge in [-0.1, -0.05) is 12.1 Å². The van der Waals surface area contributed by atoms with Gasteiger partial charge in [-0.15, -0.1) is 0 Å². The molecule has 0 bridgehead atoms. The van der Waals surface area contributed by atoms with Gasteiger partial charge in [0.2, 0.25) is 5.91 Å². The molecule has 6 heteroatoms. The zero-order valence-corrected chi connectivity index (χ0v) is 12.6. The van der Waals surface area contributed by atoms with Crippen molar-refractivity contribution in [3.05, 3.63) is 24.3 Å². The van der Waals surface area contributed by atoms with Crippen molar-refractivity contribution in [3.8, 4) is 0 Å². The van der Waals surface area contributed by atoms with E-state index in [-0.39, 0.29) is 18.5 Å². The van der Waals surface area contributed by atoms with Gasteiger partial charge in [-0.3, -0.25) is 9.69 Å². The highest BCUT2D eigenvalue weighted by molar-refractivity contribution is 5.98. The highest BCUT2D eigenvalue weighted by Crippen LogP contribution is 2.26. The van der Waals surface area contributed by atoms with Crippen molar-refractivity contribution >= 4 is 23.3 Å². The molecule has 0 spiro atoms. The van der Waals surface area contributed by atoms with Gasteiger partial charge >= 0.3 is 6.03 Å². The molecule has 1 fully saturated rings. The van der Waals surface area contributed by atoms with Crippen LogP contribution in [0.15, 0.2) is 24.3 Å². The lowest BCUT2D eigenvalue weighted by Gasteiger charge is -2.23. The zero-order chi connectivity index (χ0) is 15.4. The van der Waals surface area contributed by atoms with E-state index in [4.69, 9.17) is 5.73 Å². The fraction of sp³-hybridized carbons (Fsp3) is 0.467. The first-order valence-corrected chi connectivity index (χ1v) is 7.27. The molecular weight excluding hydrogens is 268 g/mol. The van der Waals surface area contributed by atoms with Gasteiger partial charge in [-0.2, -0.15) is 0 Å². The van der Waals surface area contributed by atoms with Gasteiger partial charge in [0.15, 0.2) is 0 Å². The second-order valence-electron chi connectivity index (χ2n) is 4.98. The van der Waals surface area contributed by atoms with E-state index in [1.165, 1.54) is 0 Å². The van der Waals surface area contributed by atoms with Crippen LogP contribution in [0.1, 0.15) is 13.8 Å². The Kier molecular flexibility index (Phi) is 4.67. The van der Waals surface area contributed by atoms with Crippen molar-refractivity contribution < 1.29 is 9.59 Å². The van der Waals surface area contributed by atoms with Gasteiger partial charge in [0.25, 0.3) is 0 Å². The van der Waals surface area contributed by atoms with E-state index in [0.717, 1.165) is 0 Å². The summed E-state index contributed by atoms with van der Waals surface area (Å²) in [7, 11) is 0. The van der Waals surface area contributed by atoms with Crippen molar-refractivity contribution in [2.75, 3.05) is 43.4 Å². The fourth-order valence-corrected chi connectivity index (χ4v) is 2.53. The SMILES string of the molecule is CCN(CC)C(=O)CN1CCN(c2ccccc2N)C1=O. The van der Waals surface area contributed by atoms with Gasteiger partial charge in [-0.25, -0.2) is 4.79 Å². The van der Waals surface area contributed by atoms with Crippen LogP contribution in [0.4, 0.5) is 16.2 Å². The van der Waals surface area contributed by atoms with E-state index in [0.29, 0.717) is 37.6 Å². The zero-order valence-electron chi connectivity index (χ0n) is 12.6. The molecule has 1 saturated heterocycles. The summed E-state index contributed by atoms with van der Waals surface area (Å²) < 4.78 is 0. The lowest BCUT2D eigenvalue weighted by Crippen LogP contribution is -2.42. The molecule has 0 aliphatic carbocycles. The maximum Gasteiger partial charge on any atom is 0.325 e. The third-order valence-corrected chi connectivity index (χ3v) is 3.76. The number of urea groups is 1. The van der Waals surface area contributed by atoms with Crippen LogP contribution in [0.5, 0.6) is 0 Å². The standard InChI is InChI=1S/C15H22N4O2/c1-3-17(4-2)14(20)11-18-9-10-19(15(18)21)13-8-6-5-7-12(13)16/h5-8H,3-4,9-11,16H2,1-2H3. The minimum Gasteiger partial charge on any atom is -0.397 e. The average molecular weight is 290 g/mol. The number of likely N-dealkylation sites (N-methyl/N-ethyl adjacent to an activating group) is 1. The molecule has 114 valence electrons. The molecule has 0 unspecified atom stereocenters. The smallest absolute Gasteiger partial charge is 0.325 e. The number of amides is 3. The normalized spacial score (nSPS) is 14.7. The Hall–Kier alpha value is -2.24. The fourth-order valence-electron chi connectivity index (χ4n) is 2.53. The van der Waals surface area contributed by atoms with Gasteiger partial charge < -0.3 is 15.5 Å². The Morgan fingerprint density at radius 2 is 1.90 bits per heavy atom. The number of nitrogen functional groups attached to an aromatic ring is 1. The lowest BCUT2D eigenvalue weighted by molar-refractivity contribution is -0.131. The van der Waals surface area contributed by atoms with Crippen LogP contribution in [-0.2, 0) is 4.79 Å². The summed E-state index contributed by atoms with van der Waals surface area (Å²) >= 11 is 0. The molecule has 1 heterocycles. The molecule has 21 heavy (non-hydrogen) atoms. The van der Waals surface area contributed by atoms with Crippen LogP contribution in [0.25, 0.3) is 0 Å². The number of benzene rings is 1. The first kappa shape index (κ1) is 15.2. The molecule has 6 nitrogen and oxygen atoms in total. The number of anilines is 2. The molecule has 0 atom stereocenters. The molecule has 3 amide bonds.